The predicted molar refractivity (Wildman–Crippen MR) is 68.8 cm³/mol. The molecule has 1 fully saturated rings. The average molecular weight is 246 g/mol. The topological polar surface area (TPSA) is 20.3 Å². The van der Waals surface area contributed by atoms with Gasteiger partial charge in [-0.3, -0.25) is 4.79 Å². The van der Waals surface area contributed by atoms with Gasteiger partial charge in [-0.15, -0.1) is 11.6 Å². The fourth-order valence-electron chi connectivity index (χ4n) is 2.49. The number of hydrogen-bond donors (Lipinski definition) is 0. The third-order valence-corrected chi connectivity index (χ3v) is 3.53. The second-order valence-electron chi connectivity index (χ2n) is 4.70. The van der Waals surface area contributed by atoms with Crippen molar-refractivity contribution in [3.05, 3.63) is 0 Å². The Balaban J connectivity index is 2.49. The van der Waals surface area contributed by atoms with Crippen LogP contribution in [0.3, 0.4) is 0 Å². The fraction of sp³-hybridized carbons (Fsp3) is 0.923. The molecule has 16 heavy (non-hydrogen) atoms. The first-order chi connectivity index (χ1) is 7.79. The number of amides is 1. The molecule has 0 aromatic carbocycles. The van der Waals surface area contributed by atoms with Gasteiger partial charge >= 0.3 is 0 Å². The zero-order valence-corrected chi connectivity index (χ0v) is 11.1. The van der Waals surface area contributed by atoms with E-state index >= 15 is 0 Å². The molecule has 0 aliphatic heterocycles. The van der Waals surface area contributed by atoms with E-state index in [1.807, 2.05) is 4.90 Å². The standard InChI is InChI=1S/C13H24ClNO/c1-2-10-15(11-9-14)13(16)12-7-5-3-4-6-8-12/h12H,2-11H2,1H3. The monoisotopic (exact) mass is 245 g/mol. The summed E-state index contributed by atoms with van der Waals surface area (Å²) in [7, 11) is 0. The van der Waals surface area contributed by atoms with Crippen molar-refractivity contribution in [2.24, 2.45) is 5.92 Å². The zero-order chi connectivity index (χ0) is 11.8. The van der Waals surface area contributed by atoms with Crippen molar-refractivity contribution in [1.82, 2.24) is 4.90 Å². The maximum absolute atomic E-state index is 12.3. The minimum atomic E-state index is 0.275. The van der Waals surface area contributed by atoms with Crippen molar-refractivity contribution in [1.29, 1.82) is 0 Å². The lowest BCUT2D eigenvalue weighted by atomic mass is 9.98. The SMILES string of the molecule is CCCN(CCCl)C(=O)C1CCCCCC1. The summed E-state index contributed by atoms with van der Waals surface area (Å²) >= 11 is 5.75. The average Bonchev–Trinajstić information content (AvgIpc) is 2.56. The molecule has 0 aromatic heterocycles. The van der Waals surface area contributed by atoms with E-state index in [9.17, 15) is 4.79 Å². The lowest BCUT2D eigenvalue weighted by molar-refractivity contribution is -0.135. The second kappa shape index (κ2) is 7.94. The van der Waals surface area contributed by atoms with Crippen molar-refractivity contribution >= 4 is 17.5 Å². The summed E-state index contributed by atoms with van der Waals surface area (Å²) in [4.78, 5) is 14.3. The summed E-state index contributed by atoms with van der Waals surface area (Å²) in [6.07, 6.45) is 8.23. The molecule has 1 aliphatic carbocycles. The maximum Gasteiger partial charge on any atom is 0.225 e. The number of hydrogen-bond acceptors (Lipinski definition) is 1. The van der Waals surface area contributed by atoms with E-state index in [1.54, 1.807) is 0 Å². The van der Waals surface area contributed by atoms with Crippen LogP contribution < -0.4 is 0 Å². The maximum atomic E-state index is 12.3. The molecule has 0 unspecified atom stereocenters. The summed E-state index contributed by atoms with van der Waals surface area (Å²) in [6.45, 7) is 3.69. The van der Waals surface area contributed by atoms with E-state index in [1.165, 1.54) is 25.7 Å². The van der Waals surface area contributed by atoms with Crippen molar-refractivity contribution in [2.45, 2.75) is 51.9 Å². The van der Waals surface area contributed by atoms with Gasteiger partial charge in [-0.1, -0.05) is 32.6 Å². The lowest BCUT2D eigenvalue weighted by Crippen LogP contribution is -2.38. The van der Waals surface area contributed by atoms with Crippen LogP contribution in [0.2, 0.25) is 0 Å². The highest BCUT2D eigenvalue weighted by molar-refractivity contribution is 6.18. The van der Waals surface area contributed by atoms with E-state index < -0.39 is 0 Å². The van der Waals surface area contributed by atoms with Crippen LogP contribution in [-0.2, 0) is 4.79 Å². The normalized spacial score (nSPS) is 18.1. The largest absolute Gasteiger partial charge is 0.341 e. The quantitative estimate of drug-likeness (QED) is 0.537. The molecular weight excluding hydrogens is 222 g/mol. The number of nitrogens with zero attached hydrogens (tertiary/aromatic N) is 1. The van der Waals surface area contributed by atoms with Crippen LogP contribution in [0.1, 0.15) is 51.9 Å². The van der Waals surface area contributed by atoms with Gasteiger partial charge in [0.05, 0.1) is 0 Å². The molecule has 1 aliphatic rings. The molecule has 1 saturated carbocycles. The molecular formula is C13H24ClNO. The minimum Gasteiger partial charge on any atom is -0.341 e. The van der Waals surface area contributed by atoms with E-state index in [-0.39, 0.29) is 5.92 Å². The van der Waals surface area contributed by atoms with E-state index in [0.29, 0.717) is 18.3 Å². The summed E-state index contributed by atoms with van der Waals surface area (Å²) in [5.41, 5.74) is 0. The van der Waals surface area contributed by atoms with Crippen LogP contribution in [0.15, 0.2) is 0 Å². The molecule has 3 heteroatoms. The molecule has 0 bridgehead atoms. The molecule has 0 saturated heterocycles. The molecule has 0 spiro atoms. The van der Waals surface area contributed by atoms with Gasteiger partial charge in [0.2, 0.25) is 5.91 Å². The summed E-state index contributed by atoms with van der Waals surface area (Å²) in [6, 6.07) is 0. The van der Waals surface area contributed by atoms with Crippen molar-refractivity contribution < 1.29 is 4.79 Å². The number of alkyl halides is 1. The third kappa shape index (κ3) is 4.32. The van der Waals surface area contributed by atoms with E-state index in [0.717, 1.165) is 25.8 Å². The first-order valence-electron chi connectivity index (χ1n) is 6.64. The summed E-state index contributed by atoms with van der Waals surface area (Å²) < 4.78 is 0. The number of rotatable bonds is 5. The molecule has 0 heterocycles. The van der Waals surface area contributed by atoms with Gasteiger partial charge in [0.15, 0.2) is 0 Å². The highest BCUT2D eigenvalue weighted by Crippen LogP contribution is 2.24. The smallest absolute Gasteiger partial charge is 0.225 e. The van der Waals surface area contributed by atoms with Crippen LogP contribution in [0.25, 0.3) is 0 Å². The van der Waals surface area contributed by atoms with Crippen LogP contribution in [0.4, 0.5) is 0 Å². The molecule has 0 N–H and O–H groups in total. The van der Waals surface area contributed by atoms with Gasteiger partial charge in [0, 0.05) is 24.9 Å². The first kappa shape index (κ1) is 13.8. The Morgan fingerprint density at radius 3 is 2.31 bits per heavy atom. The molecule has 1 rings (SSSR count). The minimum absolute atomic E-state index is 0.275. The van der Waals surface area contributed by atoms with E-state index in [4.69, 9.17) is 11.6 Å². The molecule has 0 radical (unpaired) electrons. The Hall–Kier alpha value is -0.240. The van der Waals surface area contributed by atoms with E-state index in [2.05, 4.69) is 6.92 Å². The van der Waals surface area contributed by atoms with Crippen molar-refractivity contribution in [3.8, 4) is 0 Å². The Kier molecular flexibility index (Phi) is 6.86. The Morgan fingerprint density at radius 1 is 1.19 bits per heavy atom. The molecule has 1 amide bonds. The second-order valence-corrected chi connectivity index (χ2v) is 5.08. The van der Waals surface area contributed by atoms with Gasteiger partial charge in [-0.05, 0) is 19.3 Å². The summed E-state index contributed by atoms with van der Waals surface area (Å²) in [5, 5.41) is 0. The zero-order valence-electron chi connectivity index (χ0n) is 10.4. The van der Waals surface area contributed by atoms with Crippen LogP contribution in [0, 0.1) is 5.92 Å². The highest BCUT2D eigenvalue weighted by atomic mass is 35.5. The van der Waals surface area contributed by atoms with Crippen LogP contribution in [0.5, 0.6) is 0 Å². The Labute approximate surface area is 104 Å². The molecule has 0 aromatic rings. The molecule has 2 nitrogen and oxygen atoms in total. The fourth-order valence-corrected chi connectivity index (χ4v) is 2.69. The first-order valence-corrected chi connectivity index (χ1v) is 7.17. The Morgan fingerprint density at radius 2 is 1.81 bits per heavy atom. The highest BCUT2D eigenvalue weighted by Gasteiger charge is 2.24. The van der Waals surface area contributed by atoms with Crippen molar-refractivity contribution in [3.63, 3.8) is 0 Å². The van der Waals surface area contributed by atoms with Crippen molar-refractivity contribution in [2.75, 3.05) is 19.0 Å². The number of carbonyl (C=O) groups excluding carboxylic acids is 1. The van der Waals surface area contributed by atoms with Gasteiger partial charge < -0.3 is 4.90 Å². The van der Waals surface area contributed by atoms with Crippen LogP contribution in [-0.4, -0.2) is 29.8 Å². The van der Waals surface area contributed by atoms with Gasteiger partial charge in [0.1, 0.15) is 0 Å². The predicted octanol–water partition coefficient (Wildman–Crippen LogP) is 3.43. The Bertz CT molecular complexity index is 190. The third-order valence-electron chi connectivity index (χ3n) is 3.36. The molecule has 0 atom stereocenters. The van der Waals surface area contributed by atoms with Gasteiger partial charge in [-0.2, -0.15) is 0 Å². The van der Waals surface area contributed by atoms with Gasteiger partial charge in [0.25, 0.3) is 0 Å². The van der Waals surface area contributed by atoms with Crippen LogP contribution >= 0.6 is 11.6 Å². The number of halogens is 1. The number of carbonyl (C=O) groups is 1. The lowest BCUT2D eigenvalue weighted by Gasteiger charge is -2.25. The molecule has 94 valence electrons. The summed E-state index contributed by atoms with van der Waals surface area (Å²) in [5.74, 6) is 1.18. The van der Waals surface area contributed by atoms with Gasteiger partial charge in [-0.25, -0.2) is 0 Å².